The Morgan fingerprint density at radius 2 is 1.88 bits per heavy atom. The number of carboxylic acids is 1. The van der Waals surface area contributed by atoms with Crippen molar-refractivity contribution in [1.82, 2.24) is 5.32 Å². The molecule has 0 fully saturated rings. The molecule has 0 aliphatic carbocycles. The summed E-state index contributed by atoms with van der Waals surface area (Å²) in [6, 6.07) is 0. The molecular formula is C11H21NO4Si. The number of amides is 1. The standard InChI is InChI=1S/C6H12Si.C5H9NO4/c1-5-6-7(2,3)4;1-2-10-5(9)6-3-4(7)8/h1-4H3;2-3H2,1H3,(H,6,9)(H,7,8). The van der Waals surface area contributed by atoms with E-state index in [1.165, 1.54) is 0 Å². The minimum atomic E-state index is -1.09. The summed E-state index contributed by atoms with van der Waals surface area (Å²) in [6.07, 6.45) is -0.704. The molecule has 0 radical (unpaired) electrons. The molecule has 98 valence electrons. The molecule has 0 unspecified atom stereocenters. The predicted molar refractivity (Wildman–Crippen MR) is 69.5 cm³/mol. The molecule has 0 atom stereocenters. The molecule has 17 heavy (non-hydrogen) atoms. The van der Waals surface area contributed by atoms with Crippen molar-refractivity contribution in [2.24, 2.45) is 0 Å². The number of carboxylic acid groups (broad SMARTS) is 1. The molecule has 5 nitrogen and oxygen atoms in total. The fraction of sp³-hybridized carbons (Fsp3) is 0.636. The summed E-state index contributed by atoms with van der Waals surface area (Å²) in [5.74, 6) is 1.83. The van der Waals surface area contributed by atoms with Crippen LogP contribution in [0.25, 0.3) is 0 Å². The Hall–Kier alpha value is -1.48. The molecule has 0 rings (SSSR count). The average molecular weight is 259 g/mol. The Morgan fingerprint density at radius 1 is 1.35 bits per heavy atom. The first-order valence-electron chi connectivity index (χ1n) is 5.29. The van der Waals surface area contributed by atoms with Crippen molar-refractivity contribution in [3.63, 3.8) is 0 Å². The number of carbonyl (C=O) groups is 2. The van der Waals surface area contributed by atoms with Gasteiger partial charge < -0.3 is 15.2 Å². The SMILES string of the molecule is CC#C[Si](C)(C)C.CCOC(=O)NCC(=O)O. The van der Waals surface area contributed by atoms with Crippen LogP contribution in [-0.2, 0) is 9.53 Å². The second-order valence-electron chi connectivity index (χ2n) is 4.09. The van der Waals surface area contributed by atoms with E-state index < -0.39 is 26.7 Å². The number of nitrogens with one attached hydrogen (secondary N) is 1. The number of alkyl carbamates (subject to hydrolysis) is 1. The Bertz CT molecular complexity index is 299. The van der Waals surface area contributed by atoms with E-state index in [1.807, 2.05) is 12.2 Å². The number of aliphatic carboxylic acids is 1. The van der Waals surface area contributed by atoms with Gasteiger partial charge in [-0.25, -0.2) is 4.79 Å². The topological polar surface area (TPSA) is 75.6 Å². The summed E-state index contributed by atoms with van der Waals surface area (Å²) in [7, 11) is -1.02. The van der Waals surface area contributed by atoms with Crippen molar-refractivity contribution in [3.05, 3.63) is 0 Å². The van der Waals surface area contributed by atoms with Crippen LogP contribution in [0, 0.1) is 11.5 Å². The zero-order valence-corrected chi connectivity index (χ0v) is 12.1. The second-order valence-corrected chi connectivity index (χ2v) is 8.84. The van der Waals surface area contributed by atoms with E-state index in [9.17, 15) is 9.59 Å². The van der Waals surface area contributed by atoms with Gasteiger partial charge in [0.15, 0.2) is 0 Å². The first-order chi connectivity index (χ1) is 7.72. The van der Waals surface area contributed by atoms with Crippen molar-refractivity contribution in [2.75, 3.05) is 13.2 Å². The van der Waals surface area contributed by atoms with Gasteiger partial charge in [0.2, 0.25) is 0 Å². The lowest BCUT2D eigenvalue weighted by atomic mass is 10.7. The van der Waals surface area contributed by atoms with Gasteiger partial charge in [0.05, 0.1) is 6.61 Å². The normalized spacial score (nSPS) is 9.00. The highest BCUT2D eigenvalue weighted by atomic mass is 28.3. The highest BCUT2D eigenvalue weighted by molar-refractivity contribution is 6.83. The quantitative estimate of drug-likeness (QED) is 0.597. The minimum Gasteiger partial charge on any atom is -0.480 e. The van der Waals surface area contributed by atoms with Gasteiger partial charge >= 0.3 is 12.1 Å². The summed E-state index contributed by atoms with van der Waals surface area (Å²) >= 11 is 0. The first-order valence-corrected chi connectivity index (χ1v) is 8.79. The Balaban J connectivity index is 0. The van der Waals surface area contributed by atoms with Crippen LogP contribution in [0.4, 0.5) is 4.79 Å². The molecule has 1 amide bonds. The molecule has 0 aliphatic heterocycles. The van der Waals surface area contributed by atoms with E-state index in [2.05, 4.69) is 35.8 Å². The van der Waals surface area contributed by atoms with Crippen LogP contribution in [0.1, 0.15) is 13.8 Å². The smallest absolute Gasteiger partial charge is 0.407 e. The van der Waals surface area contributed by atoms with E-state index in [4.69, 9.17) is 5.11 Å². The maximum atomic E-state index is 10.4. The number of ether oxygens (including phenoxy) is 1. The molecule has 0 aromatic carbocycles. The van der Waals surface area contributed by atoms with Gasteiger partial charge in [-0.1, -0.05) is 19.6 Å². The third-order valence-electron chi connectivity index (χ3n) is 1.16. The highest BCUT2D eigenvalue weighted by Gasteiger charge is 2.06. The van der Waals surface area contributed by atoms with E-state index in [0.29, 0.717) is 0 Å². The van der Waals surface area contributed by atoms with Crippen molar-refractivity contribution in [1.29, 1.82) is 0 Å². The molecule has 0 spiro atoms. The minimum absolute atomic E-state index is 0.242. The summed E-state index contributed by atoms with van der Waals surface area (Å²) < 4.78 is 4.38. The number of rotatable bonds is 3. The largest absolute Gasteiger partial charge is 0.480 e. The van der Waals surface area contributed by atoms with Crippen LogP contribution < -0.4 is 5.32 Å². The molecule has 0 aromatic heterocycles. The van der Waals surface area contributed by atoms with Crippen molar-refractivity contribution in [2.45, 2.75) is 33.5 Å². The van der Waals surface area contributed by atoms with Gasteiger partial charge in [0.1, 0.15) is 14.6 Å². The third-order valence-corrected chi connectivity index (χ3v) is 2.16. The maximum absolute atomic E-state index is 10.4. The molecular weight excluding hydrogens is 238 g/mol. The van der Waals surface area contributed by atoms with Gasteiger partial charge in [-0.2, -0.15) is 0 Å². The van der Waals surface area contributed by atoms with Crippen molar-refractivity contribution < 1.29 is 19.4 Å². The highest BCUT2D eigenvalue weighted by Crippen LogP contribution is 1.95. The summed E-state index contributed by atoms with van der Waals surface area (Å²) in [4.78, 5) is 20.2. The Labute approximate surface area is 104 Å². The lowest BCUT2D eigenvalue weighted by molar-refractivity contribution is -0.135. The second kappa shape index (κ2) is 9.72. The molecule has 2 N–H and O–H groups in total. The predicted octanol–water partition coefficient (Wildman–Crippen LogP) is 1.70. The van der Waals surface area contributed by atoms with Crippen LogP contribution >= 0.6 is 0 Å². The third kappa shape index (κ3) is 20.6. The molecule has 0 heterocycles. The van der Waals surface area contributed by atoms with Crippen molar-refractivity contribution >= 4 is 20.1 Å². The molecule has 0 bridgehead atoms. The number of carbonyl (C=O) groups excluding carboxylic acids is 1. The number of hydrogen-bond donors (Lipinski definition) is 2. The van der Waals surface area contributed by atoms with Crippen LogP contribution in [0.5, 0.6) is 0 Å². The van der Waals surface area contributed by atoms with E-state index in [-0.39, 0.29) is 6.61 Å². The van der Waals surface area contributed by atoms with Gasteiger partial charge in [0.25, 0.3) is 0 Å². The summed E-state index contributed by atoms with van der Waals surface area (Å²) in [6.45, 7) is 10.1. The lowest BCUT2D eigenvalue weighted by Crippen LogP contribution is -2.29. The Kier molecular flexibility index (Phi) is 10.2. The molecule has 0 aromatic rings. The van der Waals surface area contributed by atoms with Crippen LogP contribution in [0.2, 0.25) is 19.6 Å². The van der Waals surface area contributed by atoms with E-state index in [1.54, 1.807) is 6.92 Å². The van der Waals surface area contributed by atoms with Gasteiger partial charge in [-0.3, -0.25) is 4.79 Å². The summed E-state index contributed by atoms with van der Waals surface area (Å²) in [5.41, 5.74) is 3.17. The van der Waals surface area contributed by atoms with Gasteiger partial charge in [0, 0.05) is 0 Å². The Morgan fingerprint density at radius 3 is 2.12 bits per heavy atom. The number of hydrogen-bond acceptors (Lipinski definition) is 3. The maximum Gasteiger partial charge on any atom is 0.407 e. The fourth-order valence-corrected chi connectivity index (χ4v) is 1.45. The molecule has 0 aliphatic rings. The van der Waals surface area contributed by atoms with Crippen LogP contribution in [-0.4, -0.2) is 38.4 Å². The van der Waals surface area contributed by atoms with Crippen molar-refractivity contribution in [3.8, 4) is 11.5 Å². The fourth-order valence-electron chi connectivity index (χ4n) is 0.705. The van der Waals surface area contributed by atoms with Gasteiger partial charge in [-0.05, 0) is 13.8 Å². The molecule has 6 heteroatoms. The van der Waals surface area contributed by atoms with Gasteiger partial charge in [-0.15, -0.1) is 11.5 Å². The zero-order valence-electron chi connectivity index (χ0n) is 11.1. The lowest BCUT2D eigenvalue weighted by Gasteiger charge is -2.01. The first kappa shape index (κ1) is 17.9. The molecule has 0 saturated heterocycles. The van der Waals surface area contributed by atoms with Crippen LogP contribution in [0.3, 0.4) is 0 Å². The zero-order chi connectivity index (χ0) is 13.9. The van der Waals surface area contributed by atoms with E-state index >= 15 is 0 Å². The summed E-state index contributed by atoms with van der Waals surface area (Å²) in [5, 5.41) is 10.1. The van der Waals surface area contributed by atoms with E-state index in [0.717, 1.165) is 0 Å². The monoisotopic (exact) mass is 259 g/mol. The van der Waals surface area contributed by atoms with Crippen LogP contribution in [0.15, 0.2) is 0 Å². The molecule has 0 saturated carbocycles. The average Bonchev–Trinajstić information content (AvgIpc) is 2.14.